The molecule has 2 aromatic heterocycles. The van der Waals surface area contributed by atoms with E-state index in [1.165, 1.54) is 32.7 Å². The Bertz CT molecular complexity index is 1200. The summed E-state index contributed by atoms with van der Waals surface area (Å²) in [5, 5.41) is 23.9. The molecule has 2 aliphatic heterocycles. The number of nitrogen functional groups attached to an aromatic ring is 1. The number of nitrogens with zero attached hydrogens (tertiary/aromatic N) is 7. The zero-order valence-corrected chi connectivity index (χ0v) is 20.8. The van der Waals surface area contributed by atoms with Crippen molar-refractivity contribution in [2.45, 2.75) is 37.0 Å². The van der Waals surface area contributed by atoms with Crippen LogP contribution in [0.3, 0.4) is 0 Å². The number of carbonyl (C=O) groups excluding carboxylic acids is 2. The highest BCUT2D eigenvalue weighted by Crippen LogP contribution is 2.40. The number of rotatable bonds is 9. The number of tetrazole rings is 1. The van der Waals surface area contributed by atoms with Gasteiger partial charge in [-0.25, -0.2) is 19.1 Å². The zero-order chi connectivity index (χ0) is 24.6. The van der Waals surface area contributed by atoms with Crippen LogP contribution >= 0.6 is 35.3 Å². The number of carbonyl (C=O) groups is 3. The number of hydrogen-bond acceptors (Lipinski definition) is 11. The number of carboxylic acid groups (broad SMARTS) is 1. The normalized spacial score (nSPS) is 21.7. The number of likely N-dealkylation sites (N-methyl/N-ethyl adjacent to an activating group) is 1. The minimum absolute atomic E-state index is 0.0138. The maximum absolute atomic E-state index is 12.8. The number of thiazole rings is 1. The quantitative estimate of drug-likeness (QED) is 0.282. The van der Waals surface area contributed by atoms with Crippen molar-refractivity contribution in [3.63, 3.8) is 0 Å². The van der Waals surface area contributed by atoms with Gasteiger partial charge in [0.2, 0.25) is 16.6 Å². The third kappa shape index (κ3) is 4.84. The minimum Gasteiger partial charge on any atom is -0.479 e. The number of anilines is 1. The second-order valence-corrected chi connectivity index (χ2v) is 10.3. The highest BCUT2D eigenvalue weighted by molar-refractivity contribution is 8.02. The Kier molecular flexibility index (Phi) is 7.01. The summed E-state index contributed by atoms with van der Waals surface area (Å²) < 4.78 is 3.37. The summed E-state index contributed by atoms with van der Waals surface area (Å²) in [6.45, 7) is 1.35. The van der Waals surface area contributed by atoms with Gasteiger partial charge in [0.05, 0.1) is 25.2 Å². The molecule has 0 aliphatic carbocycles. The van der Waals surface area contributed by atoms with E-state index in [1.807, 2.05) is 19.0 Å². The maximum Gasteiger partial charge on any atom is 0.330 e. The van der Waals surface area contributed by atoms with E-state index in [0.717, 1.165) is 6.54 Å². The average molecular weight is 526 g/mol. The molecule has 1 fully saturated rings. The highest BCUT2D eigenvalue weighted by atomic mass is 32.2. The highest BCUT2D eigenvalue weighted by Gasteiger charge is 2.55. The fraction of sp³-hybridized carbons (Fsp3) is 0.500. The van der Waals surface area contributed by atoms with Gasteiger partial charge in [-0.15, -0.1) is 23.1 Å². The van der Waals surface area contributed by atoms with Crippen molar-refractivity contribution in [1.82, 2.24) is 39.9 Å². The van der Waals surface area contributed by atoms with Crippen molar-refractivity contribution < 1.29 is 19.5 Å². The molecule has 2 aliphatic rings. The van der Waals surface area contributed by atoms with Gasteiger partial charge >= 0.3 is 5.97 Å². The Labute approximate surface area is 207 Å². The summed E-state index contributed by atoms with van der Waals surface area (Å²) in [5.74, 6) is -2.01. The molecule has 16 heteroatoms. The number of nitrogens with two attached hydrogens (primary N) is 1. The Morgan fingerprint density at radius 3 is 2.71 bits per heavy atom. The lowest BCUT2D eigenvalue weighted by molar-refractivity contribution is -0.160. The van der Waals surface area contributed by atoms with Crippen LogP contribution in [0, 0.1) is 4.77 Å². The number of β-lactam (4-membered cyclic amide) rings is 1. The van der Waals surface area contributed by atoms with E-state index in [4.69, 9.17) is 18.0 Å². The molecular weight excluding hydrogens is 502 g/mol. The van der Waals surface area contributed by atoms with Crippen molar-refractivity contribution >= 4 is 58.2 Å². The summed E-state index contributed by atoms with van der Waals surface area (Å²) >= 11 is 7.92. The van der Waals surface area contributed by atoms with Crippen LogP contribution in [0.15, 0.2) is 16.4 Å². The molecule has 4 N–H and O–H groups in total. The van der Waals surface area contributed by atoms with E-state index in [-0.39, 0.29) is 18.9 Å². The second-order valence-electron chi connectivity index (χ2n) is 8.05. The molecule has 34 heavy (non-hydrogen) atoms. The maximum atomic E-state index is 12.8. The molecule has 182 valence electrons. The first-order chi connectivity index (χ1) is 16.2. The minimum atomic E-state index is -1.18. The lowest BCUT2D eigenvalue weighted by Crippen LogP contribution is -2.74. The van der Waals surface area contributed by atoms with Crippen LogP contribution in [-0.4, -0.2) is 95.6 Å². The van der Waals surface area contributed by atoms with Gasteiger partial charge < -0.3 is 26.0 Å². The molecule has 0 spiro atoms. The van der Waals surface area contributed by atoms with Crippen LogP contribution in [0.1, 0.15) is 5.69 Å². The van der Waals surface area contributed by atoms with Gasteiger partial charge in [0, 0.05) is 11.9 Å². The number of fused-ring (bicyclic) bond motifs is 1. The summed E-state index contributed by atoms with van der Waals surface area (Å²) in [5.41, 5.74) is 6.56. The number of aromatic nitrogens is 5. The molecule has 4 heterocycles. The van der Waals surface area contributed by atoms with Crippen LogP contribution in [0.25, 0.3) is 0 Å². The number of hydrogen-bond donors (Lipinski definition) is 3. The average Bonchev–Trinajstić information content (AvgIpc) is 3.34. The molecule has 0 radical (unpaired) electrons. The predicted octanol–water partition coefficient (Wildman–Crippen LogP) is -0.611. The number of nitrogens with one attached hydrogen (secondary N) is 1. The monoisotopic (exact) mass is 525 g/mol. The topological polar surface area (TPSA) is 164 Å². The van der Waals surface area contributed by atoms with E-state index in [2.05, 4.69) is 20.7 Å². The molecule has 0 bridgehead atoms. The Hall–Kier alpha value is -2.82. The third-order valence-electron chi connectivity index (χ3n) is 5.32. The summed E-state index contributed by atoms with van der Waals surface area (Å²) in [4.78, 5) is 44.6. The Morgan fingerprint density at radius 1 is 1.32 bits per heavy atom. The molecule has 13 nitrogen and oxygen atoms in total. The second kappa shape index (κ2) is 9.81. The smallest absolute Gasteiger partial charge is 0.330 e. The molecule has 2 amide bonds. The van der Waals surface area contributed by atoms with Crippen LogP contribution in [-0.2, 0) is 33.9 Å². The molecule has 4 rings (SSSR count). The van der Waals surface area contributed by atoms with Gasteiger partial charge in [-0.05, 0) is 47.7 Å². The standard InChI is InChI=1S/C18H23N9O4S3/c1-24(2)3-4-25-18(32)26(23-22-25)6-9-7-33-15-12(14(29)27(15)13(9)16(30)31)21-11(28)5-10-8-34-17(19)20-10/h7-8,12-13,15H,3-6H2,1-2H3,(H2,19,20)(H,21,28)(H,30,31). The van der Waals surface area contributed by atoms with Gasteiger partial charge in [-0.2, -0.15) is 0 Å². The summed E-state index contributed by atoms with van der Waals surface area (Å²) in [6, 6.07) is -2.00. The van der Waals surface area contributed by atoms with Crippen LogP contribution in [0.2, 0.25) is 0 Å². The number of thioether (sulfide) groups is 1. The fourth-order valence-electron chi connectivity index (χ4n) is 3.65. The summed E-state index contributed by atoms with van der Waals surface area (Å²) in [6.07, 6.45) is -0.0138. The van der Waals surface area contributed by atoms with Gasteiger partial charge in [-0.1, -0.05) is 0 Å². The van der Waals surface area contributed by atoms with E-state index >= 15 is 0 Å². The molecule has 3 atom stereocenters. The van der Waals surface area contributed by atoms with Crippen molar-refractivity contribution in [3.8, 4) is 0 Å². The van der Waals surface area contributed by atoms with Crippen LogP contribution in [0.4, 0.5) is 5.13 Å². The first kappa shape index (κ1) is 24.3. The van der Waals surface area contributed by atoms with E-state index in [1.54, 1.807) is 15.5 Å². The van der Waals surface area contributed by atoms with Crippen LogP contribution in [0.5, 0.6) is 0 Å². The molecule has 0 aromatic carbocycles. The molecule has 2 aromatic rings. The SMILES string of the molecule is CN(C)CCn1nnn(CC2=CSC3C(NC(=O)Cc4csc(N)n4)C(=O)N3C2C(=O)O)c1=S. The van der Waals surface area contributed by atoms with E-state index in [0.29, 0.717) is 27.7 Å². The van der Waals surface area contributed by atoms with Crippen molar-refractivity contribution in [2.75, 3.05) is 26.4 Å². The number of aliphatic carboxylic acids is 1. The van der Waals surface area contributed by atoms with Crippen molar-refractivity contribution in [1.29, 1.82) is 0 Å². The first-order valence-corrected chi connectivity index (χ1v) is 12.4. The van der Waals surface area contributed by atoms with Crippen LogP contribution < -0.4 is 11.1 Å². The first-order valence-electron chi connectivity index (χ1n) is 10.2. The zero-order valence-electron chi connectivity index (χ0n) is 18.3. The van der Waals surface area contributed by atoms with Gasteiger partial charge in [0.1, 0.15) is 11.4 Å². The van der Waals surface area contributed by atoms with Gasteiger partial charge in [0.15, 0.2) is 11.2 Å². The Morgan fingerprint density at radius 2 is 2.06 bits per heavy atom. The third-order valence-corrected chi connectivity index (χ3v) is 7.68. The molecular formula is C18H23N9O4S3. The number of amides is 2. The Balaban J connectivity index is 1.45. The van der Waals surface area contributed by atoms with E-state index < -0.39 is 29.3 Å². The lowest BCUT2D eigenvalue weighted by Gasteiger charge is -2.51. The number of carboxylic acids is 1. The summed E-state index contributed by atoms with van der Waals surface area (Å²) in [7, 11) is 3.86. The predicted molar refractivity (Wildman–Crippen MR) is 127 cm³/mol. The van der Waals surface area contributed by atoms with Gasteiger partial charge in [0.25, 0.3) is 0 Å². The molecule has 3 unspecified atom stereocenters. The largest absolute Gasteiger partial charge is 0.479 e. The van der Waals surface area contributed by atoms with Gasteiger partial charge in [-0.3, -0.25) is 9.59 Å². The van der Waals surface area contributed by atoms with Crippen molar-refractivity contribution in [2.24, 2.45) is 0 Å². The molecule has 1 saturated heterocycles. The molecule has 0 saturated carbocycles. The fourth-order valence-corrected chi connectivity index (χ4v) is 5.65. The van der Waals surface area contributed by atoms with Crippen molar-refractivity contribution in [3.05, 3.63) is 26.8 Å². The van der Waals surface area contributed by atoms with E-state index in [9.17, 15) is 19.5 Å². The lowest BCUT2D eigenvalue weighted by atomic mass is 9.98.